The van der Waals surface area contributed by atoms with E-state index in [9.17, 15) is 19.3 Å². The van der Waals surface area contributed by atoms with Crippen molar-refractivity contribution in [3.8, 4) is 0 Å². The highest BCUT2D eigenvalue weighted by Gasteiger charge is 2.14. The Bertz CT molecular complexity index is 494. The number of nitrogens with zero attached hydrogens (tertiary/aromatic N) is 1. The number of rotatable bonds is 7. The minimum atomic E-state index is -0.968. The topological polar surface area (TPSA) is 98.3 Å². The largest absolute Gasteiger partial charge is 0.330 e. The molecule has 3 N–H and O–H groups in total. The molecule has 1 amide bonds. The number of nitro groups is 1. The van der Waals surface area contributed by atoms with E-state index in [-0.39, 0.29) is 11.6 Å². The molecule has 0 aliphatic rings. The van der Waals surface area contributed by atoms with Gasteiger partial charge in [0, 0.05) is 24.2 Å². The van der Waals surface area contributed by atoms with Gasteiger partial charge in [-0.2, -0.15) is 4.39 Å². The van der Waals surface area contributed by atoms with Gasteiger partial charge in [-0.3, -0.25) is 14.9 Å². The SMILES string of the molecule is CC(CCN)CCC(=O)Nc1ccc([N+](=O)[O-])c(F)c1. The summed E-state index contributed by atoms with van der Waals surface area (Å²) in [5.41, 5.74) is 5.02. The van der Waals surface area contributed by atoms with Crippen molar-refractivity contribution in [3.05, 3.63) is 34.1 Å². The van der Waals surface area contributed by atoms with Crippen LogP contribution in [0.1, 0.15) is 26.2 Å². The predicted molar refractivity (Wildman–Crippen MR) is 73.8 cm³/mol. The maximum absolute atomic E-state index is 13.4. The van der Waals surface area contributed by atoms with Crippen LogP contribution in [0.2, 0.25) is 0 Å². The van der Waals surface area contributed by atoms with Gasteiger partial charge in [-0.15, -0.1) is 0 Å². The lowest BCUT2D eigenvalue weighted by Gasteiger charge is -2.10. The summed E-state index contributed by atoms with van der Waals surface area (Å²) in [5.74, 6) is -0.870. The molecule has 0 aliphatic heterocycles. The van der Waals surface area contributed by atoms with Gasteiger partial charge in [-0.05, 0) is 31.4 Å². The number of carbonyl (C=O) groups excluding carboxylic acids is 1. The first-order valence-corrected chi connectivity index (χ1v) is 6.38. The molecule has 110 valence electrons. The van der Waals surface area contributed by atoms with Crippen molar-refractivity contribution >= 4 is 17.3 Å². The van der Waals surface area contributed by atoms with Crippen LogP contribution in [0.5, 0.6) is 0 Å². The van der Waals surface area contributed by atoms with E-state index in [4.69, 9.17) is 5.73 Å². The Morgan fingerprint density at radius 2 is 2.20 bits per heavy atom. The standard InChI is InChI=1S/C13H18FN3O3/c1-9(6-7-15)2-5-13(18)16-10-3-4-12(17(19)20)11(14)8-10/h3-4,8-9H,2,5-7,15H2,1H3,(H,16,18). The number of anilines is 1. The molecule has 0 bridgehead atoms. The van der Waals surface area contributed by atoms with Crippen molar-refractivity contribution in [2.75, 3.05) is 11.9 Å². The fraction of sp³-hybridized carbons (Fsp3) is 0.462. The lowest BCUT2D eigenvalue weighted by Crippen LogP contribution is -2.14. The second-order valence-corrected chi connectivity index (χ2v) is 4.69. The average Bonchev–Trinajstić information content (AvgIpc) is 2.36. The van der Waals surface area contributed by atoms with Crippen LogP contribution in [0, 0.1) is 21.8 Å². The molecular weight excluding hydrogens is 265 g/mol. The highest BCUT2D eigenvalue weighted by atomic mass is 19.1. The number of nitrogens with two attached hydrogens (primary N) is 1. The molecule has 1 aromatic rings. The van der Waals surface area contributed by atoms with Gasteiger partial charge in [0.25, 0.3) is 0 Å². The Morgan fingerprint density at radius 1 is 1.50 bits per heavy atom. The van der Waals surface area contributed by atoms with Gasteiger partial charge in [-0.1, -0.05) is 6.92 Å². The van der Waals surface area contributed by atoms with E-state index in [2.05, 4.69) is 5.32 Å². The third-order valence-corrected chi connectivity index (χ3v) is 2.95. The average molecular weight is 283 g/mol. The summed E-state index contributed by atoms with van der Waals surface area (Å²) >= 11 is 0. The molecule has 1 rings (SSSR count). The van der Waals surface area contributed by atoms with Crippen molar-refractivity contribution in [2.24, 2.45) is 11.7 Å². The quantitative estimate of drug-likeness (QED) is 0.593. The van der Waals surface area contributed by atoms with Gasteiger partial charge >= 0.3 is 5.69 Å². The molecule has 1 unspecified atom stereocenters. The van der Waals surface area contributed by atoms with Crippen LogP contribution >= 0.6 is 0 Å². The van der Waals surface area contributed by atoms with Gasteiger partial charge in [0.1, 0.15) is 0 Å². The smallest absolute Gasteiger partial charge is 0.304 e. The number of hydrogen-bond acceptors (Lipinski definition) is 4. The van der Waals surface area contributed by atoms with E-state index in [0.29, 0.717) is 25.3 Å². The summed E-state index contributed by atoms with van der Waals surface area (Å²) in [6.07, 6.45) is 1.84. The summed E-state index contributed by atoms with van der Waals surface area (Å²) in [6.45, 7) is 2.59. The zero-order valence-electron chi connectivity index (χ0n) is 11.3. The minimum Gasteiger partial charge on any atom is -0.330 e. The van der Waals surface area contributed by atoms with Crippen molar-refractivity contribution in [2.45, 2.75) is 26.2 Å². The molecule has 0 heterocycles. The molecule has 1 aromatic carbocycles. The maximum Gasteiger partial charge on any atom is 0.304 e. The summed E-state index contributed by atoms with van der Waals surface area (Å²) in [5, 5.41) is 13.0. The van der Waals surface area contributed by atoms with Crippen LogP contribution in [0.4, 0.5) is 15.8 Å². The second-order valence-electron chi connectivity index (χ2n) is 4.69. The van der Waals surface area contributed by atoms with Crippen LogP contribution < -0.4 is 11.1 Å². The predicted octanol–water partition coefficient (Wildman–Crippen LogP) is 2.44. The maximum atomic E-state index is 13.4. The molecule has 0 saturated heterocycles. The molecule has 20 heavy (non-hydrogen) atoms. The summed E-state index contributed by atoms with van der Waals surface area (Å²) in [4.78, 5) is 21.3. The molecular formula is C13H18FN3O3. The second kappa shape index (κ2) is 7.54. The monoisotopic (exact) mass is 283 g/mol. The third kappa shape index (κ3) is 4.93. The molecule has 1 atom stereocenters. The van der Waals surface area contributed by atoms with Crippen molar-refractivity contribution < 1.29 is 14.1 Å². The first-order valence-electron chi connectivity index (χ1n) is 6.38. The van der Waals surface area contributed by atoms with Gasteiger partial charge in [0.15, 0.2) is 0 Å². The van der Waals surface area contributed by atoms with Gasteiger partial charge in [0.2, 0.25) is 11.7 Å². The van der Waals surface area contributed by atoms with Gasteiger partial charge in [0.05, 0.1) is 4.92 Å². The molecule has 0 radical (unpaired) electrons. The van der Waals surface area contributed by atoms with Crippen molar-refractivity contribution in [3.63, 3.8) is 0 Å². The molecule has 7 heteroatoms. The fourth-order valence-electron chi connectivity index (χ4n) is 1.76. The van der Waals surface area contributed by atoms with Crippen molar-refractivity contribution in [1.82, 2.24) is 0 Å². The van der Waals surface area contributed by atoms with Crippen LogP contribution in [0.25, 0.3) is 0 Å². The molecule has 6 nitrogen and oxygen atoms in total. The lowest BCUT2D eigenvalue weighted by molar-refractivity contribution is -0.387. The number of nitrogens with one attached hydrogen (secondary N) is 1. The Labute approximate surface area is 116 Å². The van der Waals surface area contributed by atoms with E-state index in [1.165, 1.54) is 6.07 Å². The van der Waals surface area contributed by atoms with E-state index >= 15 is 0 Å². The number of benzene rings is 1. The number of amides is 1. The first kappa shape index (κ1) is 16.0. The summed E-state index contributed by atoms with van der Waals surface area (Å²) in [6, 6.07) is 3.28. The number of nitro benzene ring substituents is 1. The van der Waals surface area contributed by atoms with Crippen LogP contribution in [-0.2, 0) is 4.79 Å². The molecule has 0 saturated carbocycles. The Hall–Kier alpha value is -2.02. The van der Waals surface area contributed by atoms with E-state index in [1.54, 1.807) is 0 Å². The number of carbonyl (C=O) groups is 1. The summed E-state index contributed by atoms with van der Waals surface area (Å²) in [7, 11) is 0. The van der Waals surface area contributed by atoms with E-state index in [0.717, 1.165) is 18.6 Å². The number of halogens is 1. The molecule has 0 aliphatic carbocycles. The normalized spacial score (nSPS) is 11.9. The van der Waals surface area contributed by atoms with Gasteiger partial charge < -0.3 is 11.1 Å². The summed E-state index contributed by atoms with van der Waals surface area (Å²) < 4.78 is 13.4. The van der Waals surface area contributed by atoms with Crippen LogP contribution in [0.3, 0.4) is 0 Å². The fourth-order valence-corrected chi connectivity index (χ4v) is 1.76. The first-order chi connectivity index (χ1) is 9.43. The lowest BCUT2D eigenvalue weighted by atomic mass is 10.0. The van der Waals surface area contributed by atoms with E-state index < -0.39 is 16.4 Å². The van der Waals surface area contributed by atoms with E-state index in [1.807, 2.05) is 6.92 Å². The zero-order chi connectivity index (χ0) is 15.1. The van der Waals surface area contributed by atoms with Crippen LogP contribution in [0.15, 0.2) is 18.2 Å². The van der Waals surface area contributed by atoms with Crippen LogP contribution in [-0.4, -0.2) is 17.4 Å². The van der Waals surface area contributed by atoms with Crippen molar-refractivity contribution in [1.29, 1.82) is 0 Å². The highest BCUT2D eigenvalue weighted by molar-refractivity contribution is 5.90. The highest BCUT2D eigenvalue weighted by Crippen LogP contribution is 2.21. The molecule has 0 spiro atoms. The third-order valence-electron chi connectivity index (χ3n) is 2.95. The van der Waals surface area contributed by atoms with Gasteiger partial charge in [-0.25, -0.2) is 0 Å². The molecule has 0 aromatic heterocycles. The Balaban J connectivity index is 2.54. The molecule has 0 fully saturated rings. The number of hydrogen-bond donors (Lipinski definition) is 2. The minimum absolute atomic E-state index is 0.213. The Kier molecular flexibility index (Phi) is 6.05. The Morgan fingerprint density at radius 3 is 2.75 bits per heavy atom. The zero-order valence-corrected chi connectivity index (χ0v) is 11.3.